The molecule has 0 atom stereocenters. The number of nitro benzene ring substituents is 1. The number of nitro groups is 1. The van der Waals surface area contributed by atoms with Gasteiger partial charge in [-0.3, -0.25) is 14.9 Å². The van der Waals surface area contributed by atoms with E-state index in [1.807, 2.05) is 36.6 Å². The molecule has 200 valence electrons. The lowest BCUT2D eigenvalue weighted by atomic mass is 10.2. The van der Waals surface area contributed by atoms with Crippen LogP contribution in [0.1, 0.15) is 17.0 Å². The molecule has 0 radical (unpaired) electrons. The third kappa shape index (κ3) is 6.00. The van der Waals surface area contributed by atoms with Crippen LogP contribution >= 0.6 is 11.6 Å². The van der Waals surface area contributed by atoms with Gasteiger partial charge in [0.25, 0.3) is 21.6 Å². The Kier molecular flexibility index (Phi) is 8.12. The molecule has 10 nitrogen and oxygen atoms in total. The second-order valence-electron chi connectivity index (χ2n) is 8.50. The van der Waals surface area contributed by atoms with Crippen LogP contribution in [0.2, 0.25) is 5.02 Å². The number of hydrogen-bond acceptors (Lipinski definition) is 6. The highest BCUT2D eigenvalue weighted by Crippen LogP contribution is 2.32. The predicted octanol–water partition coefficient (Wildman–Crippen LogP) is 5.00. The number of aryl methyl sites for hydroxylation is 1. The number of hydrogen-bond donors (Lipinski definition) is 1. The summed E-state index contributed by atoms with van der Waals surface area (Å²) in [5, 5.41) is 16.3. The van der Waals surface area contributed by atoms with E-state index in [0.29, 0.717) is 9.33 Å². The first-order valence-electron chi connectivity index (χ1n) is 11.7. The van der Waals surface area contributed by atoms with E-state index < -0.39 is 33.1 Å². The summed E-state index contributed by atoms with van der Waals surface area (Å²) in [4.78, 5) is 23.7. The minimum atomic E-state index is -4.32. The van der Waals surface area contributed by atoms with Gasteiger partial charge in [-0.1, -0.05) is 41.9 Å². The fourth-order valence-electron chi connectivity index (χ4n) is 4.09. The van der Waals surface area contributed by atoms with Crippen LogP contribution < -0.4 is 9.73 Å². The summed E-state index contributed by atoms with van der Waals surface area (Å²) < 4.78 is 29.6. The Morgan fingerprint density at radius 3 is 2.36 bits per heavy atom. The Bertz CT molecular complexity index is 1650. The molecule has 0 aliphatic carbocycles. The lowest BCUT2D eigenvalue weighted by molar-refractivity contribution is -0.384. The summed E-state index contributed by atoms with van der Waals surface area (Å²) in [6.07, 6.45) is 1.45. The normalized spacial score (nSPS) is 11.5. The highest BCUT2D eigenvalue weighted by molar-refractivity contribution is 7.92. The molecule has 0 aliphatic rings. The molecule has 1 N–H and O–H groups in total. The third-order valence-corrected chi connectivity index (χ3v) is 7.94. The van der Waals surface area contributed by atoms with Gasteiger partial charge in [-0.15, -0.1) is 0 Å². The van der Waals surface area contributed by atoms with Crippen molar-refractivity contribution in [2.24, 2.45) is 5.10 Å². The Hall–Kier alpha value is -4.48. The number of benzene rings is 3. The average Bonchev–Trinajstić information content (AvgIpc) is 3.20. The number of sulfonamides is 1. The van der Waals surface area contributed by atoms with E-state index in [9.17, 15) is 23.3 Å². The number of carbonyl (C=O) groups excluding carboxylic acids is 1. The number of nitrogens with one attached hydrogen (secondary N) is 1. The van der Waals surface area contributed by atoms with Gasteiger partial charge in [-0.25, -0.2) is 18.1 Å². The number of carbonyl (C=O) groups is 1. The number of nitrogens with zero attached hydrogens (tertiary/aromatic N) is 4. The van der Waals surface area contributed by atoms with Gasteiger partial charge in [0.15, 0.2) is 0 Å². The maximum atomic E-state index is 13.5. The first-order valence-corrected chi connectivity index (χ1v) is 13.5. The van der Waals surface area contributed by atoms with Gasteiger partial charge in [0.1, 0.15) is 12.2 Å². The molecule has 1 aromatic heterocycles. The topological polar surface area (TPSA) is 127 Å². The summed E-state index contributed by atoms with van der Waals surface area (Å²) in [6, 6.07) is 22.0. The molecule has 0 bridgehead atoms. The zero-order valence-corrected chi connectivity index (χ0v) is 22.6. The number of hydrazone groups is 1. The molecule has 1 amide bonds. The SMILES string of the molecule is Cc1cc(/C=N\NC(=O)CN(c2ccccc2[N+](=O)[O-])S(=O)(=O)c2ccccc2)c(C)n1-c1ccc(Cl)cc1. The fourth-order valence-corrected chi connectivity index (χ4v) is 5.68. The van der Waals surface area contributed by atoms with Crippen LogP contribution in [0.5, 0.6) is 0 Å². The smallest absolute Gasteiger partial charge is 0.293 e. The quantitative estimate of drug-likeness (QED) is 0.173. The minimum absolute atomic E-state index is 0.117. The van der Waals surface area contributed by atoms with Crippen molar-refractivity contribution in [1.29, 1.82) is 0 Å². The summed E-state index contributed by atoms with van der Waals surface area (Å²) in [7, 11) is -4.32. The summed E-state index contributed by atoms with van der Waals surface area (Å²) >= 11 is 6.00. The molecule has 0 saturated carbocycles. The Balaban J connectivity index is 1.59. The summed E-state index contributed by atoms with van der Waals surface area (Å²) in [5.74, 6) is -0.782. The molecule has 0 fully saturated rings. The largest absolute Gasteiger partial charge is 0.318 e. The van der Waals surface area contributed by atoms with Gasteiger partial charge in [0, 0.05) is 33.7 Å². The standard InChI is InChI=1S/C27H24ClN5O5S/c1-19-16-21(20(2)32(19)23-14-12-22(28)13-15-23)17-29-30-27(34)18-31(25-10-6-7-11-26(25)33(35)36)39(37,38)24-8-4-3-5-9-24/h3-17H,18H2,1-2H3,(H,30,34)/b29-17-. The summed E-state index contributed by atoms with van der Waals surface area (Å²) in [5.41, 5.74) is 5.07. The number of rotatable bonds is 9. The minimum Gasteiger partial charge on any atom is -0.318 e. The van der Waals surface area contributed by atoms with Crippen LogP contribution in [0.4, 0.5) is 11.4 Å². The van der Waals surface area contributed by atoms with Gasteiger partial charge in [-0.05, 0) is 62.4 Å². The molecule has 1 heterocycles. The fraction of sp³-hybridized carbons (Fsp3) is 0.111. The Labute approximate surface area is 230 Å². The van der Waals surface area contributed by atoms with Crippen molar-refractivity contribution >= 4 is 45.1 Å². The van der Waals surface area contributed by atoms with Crippen LogP contribution in [0, 0.1) is 24.0 Å². The van der Waals surface area contributed by atoms with Gasteiger partial charge in [0.2, 0.25) is 0 Å². The first-order chi connectivity index (χ1) is 18.6. The lowest BCUT2D eigenvalue weighted by Gasteiger charge is -2.23. The monoisotopic (exact) mass is 565 g/mol. The molecule has 4 rings (SSSR count). The van der Waals surface area contributed by atoms with Crippen LogP contribution in [-0.4, -0.2) is 36.6 Å². The number of amides is 1. The van der Waals surface area contributed by atoms with E-state index in [-0.39, 0.29) is 10.6 Å². The maximum absolute atomic E-state index is 13.5. The molecule has 0 aliphatic heterocycles. The zero-order valence-electron chi connectivity index (χ0n) is 21.0. The average molecular weight is 566 g/mol. The van der Waals surface area contributed by atoms with Gasteiger partial charge >= 0.3 is 0 Å². The number of halogens is 1. The maximum Gasteiger partial charge on any atom is 0.293 e. The van der Waals surface area contributed by atoms with Crippen molar-refractivity contribution in [3.8, 4) is 5.69 Å². The molecular weight excluding hydrogens is 542 g/mol. The van der Waals surface area contributed by atoms with Crippen LogP contribution in [0.3, 0.4) is 0 Å². The molecule has 0 spiro atoms. The molecule has 0 saturated heterocycles. The van der Waals surface area contributed by atoms with E-state index in [4.69, 9.17) is 11.6 Å². The summed E-state index contributed by atoms with van der Waals surface area (Å²) in [6.45, 7) is 3.09. The highest BCUT2D eigenvalue weighted by Gasteiger charge is 2.31. The molecule has 12 heteroatoms. The highest BCUT2D eigenvalue weighted by atomic mass is 35.5. The van der Waals surface area contributed by atoms with Gasteiger partial charge in [0.05, 0.1) is 16.0 Å². The van der Waals surface area contributed by atoms with Crippen LogP contribution in [-0.2, 0) is 14.8 Å². The molecule has 4 aromatic rings. The second-order valence-corrected chi connectivity index (χ2v) is 10.8. The van der Waals surface area contributed by atoms with E-state index in [1.165, 1.54) is 54.7 Å². The van der Waals surface area contributed by atoms with Gasteiger partial charge in [-0.2, -0.15) is 5.10 Å². The Morgan fingerprint density at radius 2 is 1.69 bits per heavy atom. The zero-order chi connectivity index (χ0) is 28.2. The van der Waals surface area contributed by atoms with Crippen molar-refractivity contribution in [3.05, 3.63) is 117 Å². The van der Waals surface area contributed by atoms with Crippen LogP contribution in [0.15, 0.2) is 94.9 Å². The number of anilines is 1. The molecule has 39 heavy (non-hydrogen) atoms. The van der Waals surface area contributed by atoms with Crippen molar-refractivity contribution < 1.29 is 18.1 Å². The van der Waals surface area contributed by atoms with Crippen molar-refractivity contribution in [3.63, 3.8) is 0 Å². The van der Waals surface area contributed by atoms with Crippen molar-refractivity contribution in [2.75, 3.05) is 10.8 Å². The number of para-hydroxylation sites is 2. The third-order valence-electron chi connectivity index (χ3n) is 5.91. The van der Waals surface area contributed by atoms with E-state index in [0.717, 1.165) is 22.6 Å². The lowest BCUT2D eigenvalue weighted by Crippen LogP contribution is -2.39. The second kappa shape index (κ2) is 11.5. The molecule has 0 unspecified atom stereocenters. The van der Waals surface area contributed by atoms with E-state index in [1.54, 1.807) is 18.2 Å². The van der Waals surface area contributed by atoms with Gasteiger partial charge < -0.3 is 4.57 Å². The predicted molar refractivity (Wildman–Crippen MR) is 150 cm³/mol. The van der Waals surface area contributed by atoms with Crippen LogP contribution in [0.25, 0.3) is 5.69 Å². The number of aromatic nitrogens is 1. The molecular formula is C27H24ClN5O5S. The first kappa shape index (κ1) is 27.6. The van der Waals surface area contributed by atoms with E-state index >= 15 is 0 Å². The Morgan fingerprint density at radius 1 is 1.05 bits per heavy atom. The molecule has 3 aromatic carbocycles. The van der Waals surface area contributed by atoms with Crippen molar-refractivity contribution in [1.82, 2.24) is 9.99 Å². The van der Waals surface area contributed by atoms with E-state index in [2.05, 4.69) is 10.5 Å². The van der Waals surface area contributed by atoms with Crippen molar-refractivity contribution in [2.45, 2.75) is 18.7 Å².